The van der Waals surface area contributed by atoms with Gasteiger partial charge in [-0.1, -0.05) is 0 Å². The zero-order valence-corrected chi connectivity index (χ0v) is 10.1. The van der Waals surface area contributed by atoms with E-state index in [1.165, 1.54) is 5.56 Å². The lowest BCUT2D eigenvalue weighted by molar-refractivity contribution is 0.217. The zero-order chi connectivity index (χ0) is 11.5. The molecule has 0 saturated carbocycles. The highest BCUT2D eigenvalue weighted by Gasteiger charge is 2.14. The molecule has 0 spiro atoms. The molecule has 0 amide bonds. The minimum Gasteiger partial charge on any atom is -0.395 e. The molecule has 1 heterocycles. The fourth-order valence-corrected chi connectivity index (χ4v) is 1.37. The van der Waals surface area contributed by atoms with Gasteiger partial charge in [-0.05, 0) is 27.8 Å². The summed E-state index contributed by atoms with van der Waals surface area (Å²) in [5, 5.41) is 13.1. The summed E-state index contributed by atoms with van der Waals surface area (Å²) in [5.41, 5.74) is 1.22. The molecule has 1 aromatic rings. The average molecular weight is 211 g/mol. The number of likely N-dealkylation sites (N-methyl/N-ethyl adjacent to an activating group) is 1. The highest BCUT2D eigenvalue weighted by molar-refractivity contribution is 5.04. The summed E-state index contributed by atoms with van der Waals surface area (Å²) in [6.45, 7) is 8.10. The molecule has 86 valence electrons. The third-order valence-electron chi connectivity index (χ3n) is 2.26. The Morgan fingerprint density at radius 3 is 2.60 bits per heavy atom. The van der Waals surface area contributed by atoms with Crippen LogP contribution in [0.3, 0.4) is 0 Å². The van der Waals surface area contributed by atoms with Crippen molar-refractivity contribution < 1.29 is 5.11 Å². The summed E-state index contributed by atoms with van der Waals surface area (Å²) in [4.78, 5) is 2.07. The molecule has 15 heavy (non-hydrogen) atoms. The number of hydrogen-bond donors (Lipinski definition) is 1. The predicted molar refractivity (Wildman–Crippen MR) is 60.6 cm³/mol. The van der Waals surface area contributed by atoms with Gasteiger partial charge < -0.3 is 5.11 Å². The van der Waals surface area contributed by atoms with E-state index in [-0.39, 0.29) is 12.1 Å². The van der Waals surface area contributed by atoms with Crippen molar-refractivity contribution in [2.75, 3.05) is 20.2 Å². The van der Waals surface area contributed by atoms with E-state index in [2.05, 4.69) is 37.0 Å². The third kappa shape index (κ3) is 3.64. The smallest absolute Gasteiger partial charge is 0.0558 e. The Kier molecular flexibility index (Phi) is 3.88. The predicted octanol–water partition coefficient (Wildman–Crippen LogP) is 1.06. The summed E-state index contributed by atoms with van der Waals surface area (Å²) < 4.78 is 1.97. The van der Waals surface area contributed by atoms with Gasteiger partial charge in [0, 0.05) is 24.8 Å². The Morgan fingerprint density at radius 1 is 1.47 bits per heavy atom. The van der Waals surface area contributed by atoms with Gasteiger partial charge in [0.05, 0.1) is 18.3 Å². The van der Waals surface area contributed by atoms with Crippen LogP contribution < -0.4 is 0 Å². The van der Waals surface area contributed by atoms with Crippen LogP contribution in [-0.2, 0) is 12.1 Å². The average Bonchev–Trinajstić information content (AvgIpc) is 2.52. The Morgan fingerprint density at radius 2 is 2.13 bits per heavy atom. The number of rotatable bonds is 4. The Hall–Kier alpha value is -0.870. The molecule has 0 radical (unpaired) electrons. The molecule has 0 aromatic carbocycles. The topological polar surface area (TPSA) is 41.3 Å². The van der Waals surface area contributed by atoms with Crippen LogP contribution >= 0.6 is 0 Å². The summed E-state index contributed by atoms with van der Waals surface area (Å²) in [5.74, 6) is 0. The summed E-state index contributed by atoms with van der Waals surface area (Å²) in [7, 11) is 1.99. The largest absolute Gasteiger partial charge is 0.395 e. The molecule has 0 aliphatic rings. The minimum absolute atomic E-state index is 0.0355. The molecular formula is C11H21N3O. The van der Waals surface area contributed by atoms with Crippen molar-refractivity contribution in [3.63, 3.8) is 0 Å². The van der Waals surface area contributed by atoms with Gasteiger partial charge in [0.1, 0.15) is 0 Å². The van der Waals surface area contributed by atoms with Crippen LogP contribution in [-0.4, -0.2) is 40.0 Å². The molecule has 4 heteroatoms. The Bertz CT molecular complexity index is 301. The van der Waals surface area contributed by atoms with Gasteiger partial charge in [-0.15, -0.1) is 0 Å². The van der Waals surface area contributed by atoms with Gasteiger partial charge in [-0.3, -0.25) is 9.58 Å². The van der Waals surface area contributed by atoms with E-state index in [1.54, 1.807) is 0 Å². The summed E-state index contributed by atoms with van der Waals surface area (Å²) in [6.07, 6.45) is 3.95. The molecule has 0 aliphatic carbocycles. The van der Waals surface area contributed by atoms with E-state index in [4.69, 9.17) is 5.11 Å². The highest BCUT2D eigenvalue weighted by Crippen LogP contribution is 2.13. The van der Waals surface area contributed by atoms with E-state index in [9.17, 15) is 0 Å². The lowest BCUT2D eigenvalue weighted by Gasteiger charge is -2.19. The van der Waals surface area contributed by atoms with Crippen molar-refractivity contribution in [2.45, 2.75) is 32.9 Å². The minimum atomic E-state index is 0.0355. The second kappa shape index (κ2) is 4.77. The fourth-order valence-electron chi connectivity index (χ4n) is 1.37. The zero-order valence-electron chi connectivity index (χ0n) is 10.1. The summed E-state index contributed by atoms with van der Waals surface area (Å²) in [6, 6.07) is 0. The van der Waals surface area contributed by atoms with Crippen molar-refractivity contribution in [1.82, 2.24) is 14.7 Å². The lowest BCUT2D eigenvalue weighted by atomic mass is 10.1. The van der Waals surface area contributed by atoms with E-state index >= 15 is 0 Å². The van der Waals surface area contributed by atoms with E-state index in [0.717, 1.165) is 6.54 Å². The molecule has 0 saturated heterocycles. The van der Waals surface area contributed by atoms with E-state index in [0.29, 0.717) is 6.54 Å². The molecule has 4 nitrogen and oxygen atoms in total. The van der Waals surface area contributed by atoms with Gasteiger partial charge in [0.15, 0.2) is 0 Å². The molecule has 0 aliphatic heterocycles. The van der Waals surface area contributed by atoms with Crippen LogP contribution in [0.1, 0.15) is 26.3 Å². The standard InChI is InChI=1S/C11H21N3O/c1-11(2,3)14-9-10(7-12-14)8-13(4)5-6-15/h7,9,15H,5-6,8H2,1-4H3. The second-order valence-corrected chi connectivity index (χ2v) is 4.93. The molecule has 0 unspecified atom stereocenters. The maximum atomic E-state index is 8.79. The van der Waals surface area contributed by atoms with Crippen LogP contribution in [0.4, 0.5) is 0 Å². The van der Waals surface area contributed by atoms with Crippen molar-refractivity contribution in [3.8, 4) is 0 Å². The van der Waals surface area contributed by atoms with Crippen molar-refractivity contribution in [3.05, 3.63) is 18.0 Å². The van der Waals surface area contributed by atoms with Crippen LogP contribution in [0.2, 0.25) is 0 Å². The lowest BCUT2D eigenvalue weighted by Crippen LogP contribution is -2.23. The molecular weight excluding hydrogens is 190 g/mol. The molecule has 1 aromatic heterocycles. The quantitative estimate of drug-likeness (QED) is 0.809. The van der Waals surface area contributed by atoms with Gasteiger partial charge in [0.25, 0.3) is 0 Å². The monoisotopic (exact) mass is 211 g/mol. The number of aromatic nitrogens is 2. The molecule has 0 fully saturated rings. The maximum Gasteiger partial charge on any atom is 0.0558 e. The van der Waals surface area contributed by atoms with Gasteiger partial charge in [0.2, 0.25) is 0 Å². The molecule has 0 bridgehead atoms. The molecule has 0 atom stereocenters. The van der Waals surface area contributed by atoms with Crippen molar-refractivity contribution in [1.29, 1.82) is 0 Å². The number of aliphatic hydroxyl groups is 1. The van der Waals surface area contributed by atoms with Crippen molar-refractivity contribution >= 4 is 0 Å². The van der Waals surface area contributed by atoms with Crippen molar-refractivity contribution in [2.24, 2.45) is 0 Å². The second-order valence-electron chi connectivity index (χ2n) is 4.93. The number of nitrogens with zero attached hydrogens (tertiary/aromatic N) is 3. The van der Waals surface area contributed by atoms with Gasteiger partial charge >= 0.3 is 0 Å². The normalized spacial score (nSPS) is 12.4. The van der Waals surface area contributed by atoms with E-state index in [1.807, 2.05) is 17.9 Å². The van der Waals surface area contributed by atoms with Gasteiger partial charge in [-0.25, -0.2) is 0 Å². The first-order valence-electron chi connectivity index (χ1n) is 5.27. The maximum absolute atomic E-state index is 8.79. The summed E-state index contributed by atoms with van der Waals surface area (Å²) >= 11 is 0. The fraction of sp³-hybridized carbons (Fsp3) is 0.727. The molecule has 1 N–H and O–H groups in total. The van der Waals surface area contributed by atoms with Gasteiger partial charge in [-0.2, -0.15) is 5.10 Å². The van der Waals surface area contributed by atoms with Crippen LogP contribution in [0.15, 0.2) is 12.4 Å². The molecule has 1 rings (SSSR count). The number of hydrogen-bond acceptors (Lipinski definition) is 3. The van der Waals surface area contributed by atoms with Crippen LogP contribution in [0.5, 0.6) is 0 Å². The third-order valence-corrected chi connectivity index (χ3v) is 2.26. The first-order valence-corrected chi connectivity index (χ1v) is 5.27. The van der Waals surface area contributed by atoms with E-state index < -0.39 is 0 Å². The first kappa shape index (κ1) is 12.2. The Balaban J connectivity index is 2.61. The van der Waals surface area contributed by atoms with Crippen LogP contribution in [0.25, 0.3) is 0 Å². The van der Waals surface area contributed by atoms with Crippen LogP contribution in [0, 0.1) is 0 Å². The first-order chi connectivity index (χ1) is 6.93. The SMILES string of the molecule is CN(CCO)Cc1cnn(C(C)(C)C)c1. The number of aliphatic hydroxyl groups excluding tert-OH is 1. The Labute approximate surface area is 91.5 Å². The highest BCUT2D eigenvalue weighted by atomic mass is 16.3.